The maximum absolute atomic E-state index is 12.1. The molecule has 0 spiro atoms. The van der Waals surface area contributed by atoms with E-state index >= 15 is 0 Å². The first-order valence-corrected chi connectivity index (χ1v) is 6.48. The summed E-state index contributed by atoms with van der Waals surface area (Å²) in [7, 11) is 1.24. The summed E-state index contributed by atoms with van der Waals surface area (Å²) in [5.74, 6) is -2.81. The number of carboxylic acids is 1. The zero-order valence-corrected chi connectivity index (χ0v) is 12.1. The molecule has 2 aromatic rings. The van der Waals surface area contributed by atoms with Crippen LogP contribution in [-0.2, 0) is 4.74 Å². The van der Waals surface area contributed by atoms with Gasteiger partial charge in [0.1, 0.15) is 11.3 Å². The monoisotopic (exact) mass is 315 g/mol. The predicted octanol–water partition coefficient (Wildman–Crippen LogP) is 2.13. The number of rotatable bonds is 4. The molecule has 2 rings (SSSR count). The molecule has 2 aromatic carbocycles. The number of carbonyl (C=O) groups is 3. The summed E-state index contributed by atoms with van der Waals surface area (Å²) < 4.78 is 4.58. The van der Waals surface area contributed by atoms with Crippen molar-refractivity contribution in [3.63, 3.8) is 0 Å². The fourth-order valence-corrected chi connectivity index (χ4v) is 1.90. The van der Waals surface area contributed by atoms with Gasteiger partial charge in [-0.2, -0.15) is 0 Å². The van der Waals surface area contributed by atoms with E-state index in [0.717, 1.165) is 6.07 Å². The molecule has 7 heteroatoms. The molecule has 1 amide bonds. The van der Waals surface area contributed by atoms with Gasteiger partial charge in [0, 0.05) is 17.3 Å². The Kier molecular flexibility index (Phi) is 4.61. The van der Waals surface area contributed by atoms with Crippen LogP contribution in [0.1, 0.15) is 31.1 Å². The maximum atomic E-state index is 12.1. The van der Waals surface area contributed by atoms with Crippen LogP contribution in [0.15, 0.2) is 42.5 Å². The van der Waals surface area contributed by atoms with E-state index in [9.17, 15) is 19.5 Å². The first-order chi connectivity index (χ1) is 10.9. The van der Waals surface area contributed by atoms with Crippen molar-refractivity contribution in [3.05, 3.63) is 59.2 Å². The van der Waals surface area contributed by atoms with E-state index in [2.05, 4.69) is 10.1 Å². The second kappa shape index (κ2) is 6.61. The number of methoxy groups -OCH3 is 1. The summed E-state index contributed by atoms with van der Waals surface area (Å²) in [6, 6.07) is 9.58. The van der Waals surface area contributed by atoms with Crippen LogP contribution in [0, 0.1) is 0 Å². The Balaban J connectivity index is 2.21. The Bertz CT molecular complexity index is 784. The molecule has 0 aromatic heterocycles. The number of carboxylic acid groups (broad SMARTS) is 1. The van der Waals surface area contributed by atoms with Crippen molar-refractivity contribution in [2.45, 2.75) is 0 Å². The fourth-order valence-electron chi connectivity index (χ4n) is 1.90. The molecule has 0 aliphatic rings. The number of aromatic carboxylic acids is 1. The average molecular weight is 315 g/mol. The summed E-state index contributed by atoms with van der Waals surface area (Å²) in [4.78, 5) is 34.4. The van der Waals surface area contributed by atoms with Crippen LogP contribution in [0.5, 0.6) is 5.75 Å². The van der Waals surface area contributed by atoms with Crippen molar-refractivity contribution in [1.82, 2.24) is 0 Å². The number of carbonyl (C=O) groups excluding carboxylic acids is 2. The van der Waals surface area contributed by atoms with Gasteiger partial charge in [0.25, 0.3) is 5.91 Å². The number of anilines is 1. The van der Waals surface area contributed by atoms with E-state index in [1.807, 2.05) is 0 Å². The third kappa shape index (κ3) is 3.65. The molecule has 23 heavy (non-hydrogen) atoms. The number of hydrogen-bond donors (Lipinski definition) is 3. The highest BCUT2D eigenvalue weighted by atomic mass is 16.5. The Labute approximate surface area is 131 Å². The van der Waals surface area contributed by atoms with Gasteiger partial charge in [0.2, 0.25) is 0 Å². The smallest absolute Gasteiger partial charge is 0.339 e. The highest BCUT2D eigenvalue weighted by Gasteiger charge is 2.13. The Morgan fingerprint density at radius 1 is 1.04 bits per heavy atom. The van der Waals surface area contributed by atoms with E-state index in [1.54, 1.807) is 0 Å². The third-order valence-corrected chi connectivity index (χ3v) is 3.03. The second-order valence-electron chi connectivity index (χ2n) is 4.56. The number of amides is 1. The van der Waals surface area contributed by atoms with Gasteiger partial charge >= 0.3 is 11.9 Å². The van der Waals surface area contributed by atoms with Crippen LogP contribution < -0.4 is 5.32 Å². The molecule has 0 saturated heterocycles. The first kappa shape index (κ1) is 16.0. The Hall–Kier alpha value is -3.35. The zero-order chi connectivity index (χ0) is 17.0. The number of hydrogen-bond acceptors (Lipinski definition) is 5. The number of phenols is 1. The molecule has 118 valence electrons. The summed E-state index contributed by atoms with van der Waals surface area (Å²) in [5, 5.41) is 20.9. The van der Waals surface area contributed by atoms with Gasteiger partial charge in [-0.3, -0.25) is 4.79 Å². The zero-order valence-electron chi connectivity index (χ0n) is 12.1. The molecule has 3 N–H and O–H groups in total. The van der Waals surface area contributed by atoms with E-state index in [4.69, 9.17) is 5.11 Å². The molecule has 0 fully saturated rings. The minimum atomic E-state index is -1.27. The van der Waals surface area contributed by atoms with E-state index in [1.165, 1.54) is 43.5 Å². The van der Waals surface area contributed by atoms with E-state index in [-0.39, 0.29) is 22.4 Å². The van der Waals surface area contributed by atoms with E-state index < -0.39 is 23.6 Å². The van der Waals surface area contributed by atoms with Crippen LogP contribution in [0.2, 0.25) is 0 Å². The van der Waals surface area contributed by atoms with Crippen LogP contribution in [0.25, 0.3) is 0 Å². The predicted molar refractivity (Wildman–Crippen MR) is 80.8 cm³/mol. The lowest BCUT2D eigenvalue weighted by molar-refractivity contribution is 0.0599. The average Bonchev–Trinajstić information content (AvgIpc) is 2.54. The molecule has 7 nitrogen and oxygen atoms in total. The van der Waals surface area contributed by atoms with Gasteiger partial charge in [-0.1, -0.05) is 6.07 Å². The van der Waals surface area contributed by atoms with Gasteiger partial charge in [-0.05, 0) is 30.3 Å². The molecule has 0 atom stereocenters. The first-order valence-electron chi connectivity index (χ1n) is 6.48. The molecule has 0 unspecified atom stereocenters. The normalized spacial score (nSPS) is 9.96. The summed E-state index contributed by atoms with van der Waals surface area (Å²) in [5.41, 5.74) is 0.399. The minimum Gasteiger partial charge on any atom is -0.507 e. The molecule has 0 heterocycles. The fraction of sp³-hybridized carbons (Fsp3) is 0.0625. The van der Waals surface area contributed by atoms with Crippen molar-refractivity contribution >= 4 is 23.5 Å². The van der Waals surface area contributed by atoms with Crippen molar-refractivity contribution in [3.8, 4) is 5.75 Å². The summed E-state index contributed by atoms with van der Waals surface area (Å²) in [6.07, 6.45) is 0. The van der Waals surface area contributed by atoms with Crippen LogP contribution in [0.3, 0.4) is 0 Å². The highest BCUT2D eigenvalue weighted by Crippen LogP contribution is 2.22. The van der Waals surface area contributed by atoms with Gasteiger partial charge in [-0.25, -0.2) is 9.59 Å². The molecule has 0 radical (unpaired) electrons. The molecule has 0 bridgehead atoms. The molecule has 0 aliphatic carbocycles. The lowest BCUT2D eigenvalue weighted by Gasteiger charge is -2.08. The number of nitrogens with one attached hydrogen (secondary N) is 1. The summed E-state index contributed by atoms with van der Waals surface area (Å²) in [6.45, 7) is 0. The van der Waals surface area contributed by atoms with Crippen molar-refractivity contribution in [2.75, 3.05) is 12.4 Å². The largest absolute Gasteiger partial charge is 0.507 e. The standard InChI is InChI=1S/C16H13NO6/c1-23-16(22)10-4-2-3-9(7-10)14(19)17-11-5-6-12(15(20)21)13(18)8-11/h2-8,18H,1H3,(H,17,19)(H,20,21). The SMILES string of the molecule is COC(=O)c1cccc(C(=O)Nc2ccc(C(=O)O)c(O)c2)c1. The quantitative estimate of drug-likeness (QED) is 0.745. The van der Waals surface area contributed by atoms with Crippen molar-refractivity contribution in [2.24, 2.45) is 0 Å². The minimum absolute atomic E-state index is 0.217. The lowest BCUT2D eigenvalue weighted by Crippen LogP contribution is -2.13. The molecule has 0 aliphatic heterocycles. The van der Waals surface area contributed by atoms with Crippen molar-refractivity contribution in [1.29, 1.82) is 0 Å². The molecular weight excluding hydrogens is 302 g/mol. The molecule has 0 saturated carbocycles. The Morgan fingerprint density at radius 2 is 1.74 bits per heavy atom. The Morgan fingerprint density at radius 3 is 2.35 bits per heavy atom. The van der Waals surface area contributed by atoms with E-state index in [0.29, 0.717) is 0 Å². The highest BCUT2D eigenvalue weighted by molar-refractivity contribution is 6.06. The van der Waals surface area contributed by atoms with Gasteiger partial charge < -0.3 is 20.3 Å². The number of ether oxygens (including phenoxy) is 1. The maximum Gasteiger partial charge on any atom is 0.339 e. The lowest BCUT2D eigenvalue weighted by atomic mass is 10.1. The van der Waals surface area contributed by atoms with Crippen LogP contribution >= 0.6 is 0 Å². The van der Waals surface area contributed by atoms with Gasteiger partial charge in [0.05, 0.1) is 12.7 Å². The molecular formula is C16H13NO6. The summed E-state index contributed by atoms with van der Waals surface area (Å²) >= 11 is 0. The topological polar surface area (TPSA) is 113 Å². The third-order valence-electron chi connectivity index (χ3n) is 3.03. The number of benzene rings is 2. The van der Waals surface area contributed by atoms with Crippen LogP contribution in [-0.4, -0.2) is 35.2 Å². The van der Waals surface area contributed by atoms with Gasteiger partial charge in [-0.15, -0.1) is 0 Å². The van der Waals surface area contributed by atoms with Gasteiger partial charge in [0.15, 0.2) is 0 Å². The van der Waals surface area contributed by atoms with Crippen LogP contribution in [0.4, 0.5) is 5.69 Å². The number of aromatic hydroxyl groups is 1. The second-order valence-corrected chi connectivity index (χ2v) is 4.56. The number of esters is 1. The van der Waals surface area contributed by atoms with Crippen molar-refractivity contribution < 1.29 is 29.3 Å².